The van der Waals surface area contributed by atoms with Crippen molar-refractivity contribution in [2.75, 3.05) is 0 Å². The number of carbonyl (C=O) groups excluding carboxylic acids is 1. The van der Waals surface area contributed by atoms with Gasteiger partial charge in [0.2, 0.25) is 0 Å². The number of benzene rings is 2. The normalized spacial score (nSPS) is 10.7. The summed E-state index contributed by atoms with van der Waals surface area (Å²) < 4.78 is 15.8. The zero-order valence-electron chi connectivity index (χ0n) is 15.1. The molecule has 0 aliphatic carbocycles. The zero-order valence-corrected chi connectivity index (χ0v) is 16.7. The molecule has 144 valence electrons. The zero-order chi connectivity index (χ0) is 20.2. The van der Waals surface area contributed by atoms with Crippen LogP contribution < -0.4 is 5.32 Å². The van der Waals surface area contributed by atoms with Gasteiger partial charge in [0.1, 0.15) is 11.5 Å². The van der Waals surface area contributed by atoms with E-state index in [4.69, 9.17) is 0 Å². The van der Waals surface area contributed by atoms with Crippen LogP contribution in [0.1, 0.15) is 16.1 Å². The molecule has 0 radical (unpaired) electrons. The van der Waals surface area contributed by atoms with Gasteiger partial charge in [0.05, 0.1) is 5.69 Å². The lowest BCUT2D eigenvalue weighted by atomic mass is 10.1. The summed E-state index contributed by atoms with van der Waals surface area (Å²) >= 11 is 3.39. The Balaban J connectivity index is 1.68. The number of halogens is 2. The summed E-state index contributed by atoms with van der Waals surface area (Å²) in [6, 6.07) is 17.0. The Morgan fingerprint density at radius 3 is 2.38 bits per heavy atom. The number of amides is 1. The van der Waals surface area contributed by atoms with E-state index < -0.39 is 0 Å². The highest BCUT2D eigenvalue weighted by molar-refractivity contribution is 9.10. The predicted octanol–water partition coefficient (Wildman–Crippen LogP) is 4.16. The molecule has 8 heteroatoms. The third-order valence-electron chi connectivity index (χ3n) is 4.28. The summed E-state index contributed by atoms with van der Waals surface area (Å²) in [6.45, 7) is 0.352. The average Bonchev–Trinajstić information content (AvgIpc) is 3.19. The highest BCUT2D eigenvalue weighted by Gasteiger charge is 2.22. The molecule has 0 aliphatic heterocycles. The number of nitrogens with one attached hydrogen (secondary N) is 1. The van der Waals surface area contributed by atoms with Crippen LogP contribution in [-0.4, -0.2) is 25.9 Å². The van der Waals surface area contributed by atoms with Crippen molar-refractivity contribution in [3.8, 4) is 16.9 Å². The topological polar surface area (TPSA) is 72.7 Å². The van der Waals surface area contributed by atoms with Crippen LogP contribution in [0.2, 0.25) is 0 Å². The molecular weight excluding hydrogens is 437 g/mol. The van der Waals surface area contributed by atoms with Crippen LogP contribution in [0.4, 0.5) is 4.39 Å². The molecule has 0 saturated carbocycles. The van der Waals surface area contributed by atoms with Crippen molar-refractivity contribution in [3.05, 3.63) is 94.6 Å². The first-order chi connectivity index (χ1) is 14.1. The fourth-order valence-electron chi connectivity index (χ4n) is 2.83. The first-order valence-electron chi connectivity index (χ1n) is 8.76. The lowest BCUT2D eigenvalue weighted by molar-refractivity contribution is 0.0946. The predicted molar refractivity (Wildman–Crippen MR) is 110 cm³/mol. The van der Waals surface area contributed by atoms with E-state index in [1.54, 1.807) is 36.7 Å². The minimum absolute atomic E-state index is 0.178. The van der Waals surface area contributed by atoms with Crippen LogP contribution >= 0.6 is 15.9 Å². The fourth-order valence-corrected chi connectivity index (χ4v) is 3.10. The number of hydrogen-bond acceptors (Lipinski definition) is 4. The molecule has 0 aliphatic rings. The monoisotopic (exact) mass is 451 g/mol. The fraction of sp³-hybridized carbons (Fsp3) is 0.0476. The lowest BCUT2D eigenvalue weighted by Crippen LogP contribution is -2.24. The molecule has 0 fully saturated rings. The van der Waals surface area contributed by atoms with Gasteiger partial charge in [-0.3, -0.25) is 9.78 Å². The lowest BCUT2D eigenvalue weighted by Gasteiger charge is -2.09. The first-order valence-corrected chi connectivity index (χ1v) is 9.56. The molecule has 0 saturated heterocycles. The van der Waals surface area contributed by atoms with E-state index >= 15 is 0 Å². The van der Waals surface area contributed by atoms with Gasteiger partial charge in [-0.2, -0.15) is 0 Å². The van der Waals surface area contributed by atoms with E-state index in [1.807, 2.05) is 24.3 Å². The standard InChI is InChI=1S/C21H15BrFN5O/c22-16-3-1-14(2-4-16)13-25-21(29)19-20(15-9-11-24-12-10-15)28(27-26-19)18-7-5-17(23)6-8-18/h1-12H,13H2,(H,25,29). The van der Waals surface area contributed by atoms with Gasteiger partial charge in [0.25, 0.3) is 5.91 Å². The van der Waals surface area contributed by atoms with Crippen molar-refractivity contribution >= 4 is 21.8 Å². The molecule has 0 bridgehead atoms. The van der Waals surface area contributed by atoms with Crippen molar-refractivity contribution in [1.82, 2.24) is 25.3 Å². The highest BCUT2D eigenvalue weighted by atomic mass is 79.9. The van der Waals surface area contributed by atoms with Gasteiger partial charge in [-0.05, 0) is 54.1 Å². The summed E-state index contributed by atoms with van der Waals surface area (Å²) in [7, 11) is 0. The number of carbonyl (C=O) groups is 1. The van der Waals surface area contributed by atoms with Crippen LogP contribution in [0.15, 0.2) is 77.5 Å². The number of nitrogens with zero attached hydrogens (tertiary/aromatic N) is 4. The molecule has 0 atom stereocenters. The molecule has 2 aromatic carbocycles. The van der Waals surface area contributed by atoms with Crippen molar-refractivity contribution in [2.24, 2.45) is 0 Å². The smallest absolute Gasteiger partial charge is 0.274 e. The molecule has 2 aromatic heterocycles. The first kappa shape index (κ1) is 18.9. The molecule has 1 amide bonds. The van der Waals surface area contributed by atoms with Gasteiger partial charge in [-0.25, -0.2) is 9.07 Å². The minimum atomic E-state index is -0.355. The number of rotatable bonds is 5. The highest BCUT2D eigenvalue weighted by Crippen LogP contribution is 2.25. The van der Waals surface area contributed by atoms with Gasteiger partial charge in [-0.15, -0.1) is 5.10 Å². The Morgan fingerprint density at radius 1 is 1.00 bits per heavy atom. The molecule has 4 rings (SSSR count). The summed E-state index contributed by atoms with van der Waals surface area (Å²) in [5.74, 6) is -0.708. The maximum absolute atomic E-state index is 13.3. The Hall–Kier alpha value is -3.39. The Kier molecular flexibility index (Phi) is 5.44. The summed E-state index contributed by atoms with van der Waals surface area (Å²) in [5, 5.41) is 11.1. The van der Waals surface area contributed by atoms with Crippen molar-refractivity contribution in [2.45, 2.75) is 6.54 Å². The van der Waals surface area contributed by atoms with Gasteiger partial charge < -0.3 is 5.32 Å². The van der Waals surface area contributed by atoms with Gasteiger partial charge >= 0.3 is 0 Å². The largest absolute Gasteiger partial charge is 0.346 e. The van der Waals surface area contributed by atoms with E-state index in [9.17, 15) is 9.18 Å². The molecule has 0 unspecified atom stereocenters. The second-order valence-electron chi connectivity index (χ2n) is 6.22. The maximum atomic E-state index is 13.3. The third kappa shape index (κ3) is 4.22. The Bertz CT molecular complexity index is 1130. The molecular formula is C21H15BrFN5O. The maximum Gasteiger partial charge on any atom is 0.274 e. The molecule has 2 heterocycles. The Morgan fingerprint density at radius 2 is 1.69 bits per heavy atom. The second-order valence-corrected chi connectivity index (χ2v) is 7.14. The van der Waals surface area contributed by atoms with E-state index in [1.165, 1.54) is 16.8 Å². The van der Waals surface area contributed by atoms with E-state index in [0.29, 0.717) is 17.9 Å². The van der Waals surface area contributed by atoms with Crippen LogP contribution in [-0.2, 0) is 6.54 Å². The molecule has 1 N–H and O–H groups in total. The molecule has 4 aromatic rings. The summed E-state index contributed by atoms with van der Waals surface area (Å²) in [4.78, 5) is 16.9. The van der Waals surface area contributed by atoms with Crippen LogP contribution in [0, 0.1) is 5.82 Å². The average molecular weight is 452 g/mol. The van der Waals surface area contributed by atoms with Crippen LogP contribution in [0.25, 0.3) is 16.9 Å². The summed E-state index contributed by atoms with van der Waals surface area (Å²) in [5.41, 5.74) is 2.96. The summed E-state index contributed by atoms with van der Waals surface area (Å²) in [6.07, 6.45) is 3.25. The molecule has 0 spiro atoms. The number of hydrogen-bond donors (Lipinski definition) is 1. The van der Waals surface area contributed by atoms with Gasteiger partial charge in [0, 0.05) is 29.0 Å². The number of pyridine rings is 1. The van der Waals surface area contributed by atoms with Crippen molar-refractivity contribution in [3.63, 3.8) is 0 Å². The second kappa shape index (κ2) is 8.32. The molecule has 29 heavy (non-hydrogen) atoms. The van der Waals surface area contributed by atoms with Crippen molar-refractivity contribution in [1.29, 1.82) is 0 Å². The Labute approximate surface area is 174 Å². The van der Waals surface area contributed by atoms with Crippen LogP contribution in [0.3, 0.4) is 0 Å². The minimum Gasteiger partial charge on any atom is -0.346 e. The molecule has 6 nitrogen and oxygen atoms in total. The quantitative estimate of drug-likeness (QED) is 0.494. The third-order valence-corrected chi connectivity index (χ3v) is 4.81. The van der Waals surface area contributed by atoms with Gasteiger partial charge in [0.15, 0.2) is 5.69 Å². The van der Waals surface area contributed by atoms with E-state index in [2.05, 4.69) is 36.5 Å². The van der Waals surface area contributed by atoms with E-state index in [-0.39, 0.29) is 17.4 Å². The van der Waals surface area contributed by atoms with E-state index in [0.717, 1.165) is 15.6 Å². The van der Waals surface area contributed by atoms with Crippen LogP contribution in [0.5, 0.6) is 0 Å². The number of aromatic nitrogens is 4. The SMILES string of the molecule is O=C(NCc1ccc(Br)cc1)c1nnn(-c2ccc(F)cc2)c1-c1ccncc1. The van der Waals surface area contributed by atoms with Crippen molar-refractivity contribution < 1.29 is 9.18 Å². The van der Waals surface area contributed by atoms with Gasteiger partial charge in [-0.1, -0.05) is 33.3 Å².